The molecule has 1 aromatic heterocycles. The fourth-order valence-electron chi connectivity index (χ4n) is 3.53. The van der Waals surface area contributed by atoms with Crippen molar-refractivity contribution in [2.45, 2.75) is 39.0 Å². The average Bonchev–Trinajstić information content (AvgIpc) is 3.35. The molecule has 3 heterocycles. The van der Waals surface area contributed by atoms with Gasteiger partial charge in [0.2, 0.25) is 5.95 Å². The van der Waals surface area contributed by atoms with Crippen molar-refractivity contribution in [3.63, 3.8) is 0 Å². The highest BCUT2D eigenvalue weighted by Gasteiger charge is 2.31. The van der Waals surface area contributed by atoms with E-state index in [4.69, 9.17) is 9.47 Å². The Morgan fingerprint density at radius 1 is 1.20 bits per heavy atom. The molecule has 2 aliphatic rings. The van der Waals surface area contributed by atoms with Crippen molar-refractivity contribution in [2.75, 3.05) is 12.0 Å². The van der Waals surface area contributed by atoms with Crippen LogP contribution in [0.15, 0.2) is 69.8 Å². The molecule has 0 bridgehead atoms. The Kier molecular flexibility index (Phi) is 6.86. The lowest BCUT2D eigenvalue weighted by atomic mass is 9.97. The molecule has 0 aliphatic carbocycles. The van der Waals surface area contributed by atoms with E-state index in [0.717, 1.165) is 5.56 Å². The Labute approximate surface area is 210 Å². The second-order valence-electron chi connectivity index (χ2n) is 8.90. The van der Waals surface area contributed by atoms with Crippen LogP contribution in [0.2, 0.25) is 0 Å². The number of carbonyl (C=O) groups is 1. The Hall–Kier alpha value is -3.37. The van der Waals surface area contributed by atoms with Gasteiger partial charge >= 0.3 is 6.09 Å². The summed E-state index contributed by atoms with van der Waals surface area (Å²) in [6.45, 7) is 5.33. The number of aliphatic hydroxyl groups is 1. The first kappa shape index (κ1) is 24.7. The first-order chi connectivity index (χ1) is 16.6. The van der Waals surface area contributed by atoms with Crippen molar-refractivity contribution < 1.29 is 23.8 Å². The predicted molar refractivity (Wildman–Crippen MR) is 135 cm³/mol. The number of amides is 1. The van der Waals surface area contributed by atoms with Crippen LogP contribution in [0, 0.1) is 5.95 Å². The molecule has 10 heteroatoms. The summed E-state index contributed by atoms with van der Waals surface area (Å²) in [5.74, 6) is 0.257. The van der Waals surface area contributed by atoms with Crippen LogP contribution in [-0.4, -0.2) is 39.4 Å². The summed E-state index contributed by atoms with van der Waals surface area (Å²) in [6, 6.07) is 10.00. The van der Waals surface area contributed by atoms with Crippen molar-refractivity contribution >= 4 is 38.3 Å². The lowest BCUT2D eigenvalue weighted by Gasteiger charge is -2.27. The number of hydrogen-bond donors (Lipinski definition) is 1. The number of methoxy groups -OCH3 is 1. The van der Waals surface area contributed by atoms with E-state index in [0.29, 0.717) is 27.4 Å². The van der Waals surface area contributed by atoms with Gasteiger partial charge in [-0.2, -0.15) is 4.39 Å². The summed E-state index contributed by atoms with van der Waals surface area (Å²) in [4.78, 5) is 26.6. The highest BCUT2D eigenvalue weighted by atomic mass is 79.9. The van der Waals surface area contributed by atoms with Gasteiger partial charge in [-0.3, -0.25) is 4.90 Å². The molecular weight excluding hydrogens is 519 g/mol. The van der Waals surface area contributed by atoms with Gasteiger partial charge in [0.25, 0.3) is 0 Å². The standard InChI is InChI=1S/C25H24BrFN4O4/c1-25(2,3)35-24(33)31(13-14-5-7-15(34-4)8-6-14)20-10-9-16(22(27)30-20)21(32)18-12-28-23-17(18)11-19(26)29-23/h5-12,21,32H,13H2,1-4H3. The van der Waals surface area contributed by atoms with E-state index in [1.54, 1.807) is 58.2 Å². The van der Waals surface area contributed by atoms with Crippen molar-refractivity contribution in [2.24, 2.45) is 9.98 Å². The minimum atomic E-state index is -1.31. The van der Waals surface area contributed by atoms with Gasteiger partial charge in [-0.15, -0.1) is 0 Å². The number of hydrogen-bond acceptors (Lipinski definition) is 7. The molecule has 2 aliphatic heterocycles. The van der Waals surface area contributed by atoms with E-state index in [1.807, 2.05) is 0 Å². The van der Waals surface area contributed by atoms with E-state index in [1.165, 1.54) is 23.2 Å². The molecule has 1 atom stereocenters. The maximum Gasteiger partial charge on any atom is 0.416 e. The van der Waals surface area contributed by atoms with Crippen molar-refractivity contribution in [1.29, 1.82) is 0 Å². The fourth-order valence-corrected chi connectivity index (χ4v) is 3.93. The third-order valence-corrected chi connectivity index (χ3v) is 5.60. The van der Waals surface area contributed by atoms with Crippen LogP contribution in [-0.2, 0) is 11.3 Å². The zero-order valence-electron chi connectivity index (χ0n) is 19.6. The molecule has 182 valence electrons. The summed E-state index contributed by atoms with van der Waals surface area (Å²) in [5, 5.41) is 10.9. The Morgan fingerprint density at radius 2 is 1.91 bits per heavy atom. The molecule has 0 saturated carbocycles. The lowest BCUT2D eigenvalue weighted by Crippen LogP contribution is -2.37. The monoisotopic (exact) mass is 542 g/mol. The number of aliphatic imine (C=N–C) groups is 2. The molecule has 1 N–H and O–H groups in total. The molecule has 1 aromatic carbocycles. The van der Waals surface area contributed by atoms with Crippen LogP contribution >= 0.6 is 15.9 Å². The second-order valence-corrected chi connectivity index (χ2v) is 9.71. The smallest absolute Gasteiger partial charge is 0.416 e. The number of aromatic nitrogens is 1. The SMILES string of the molecule is COc1ccc(CN(C(=O)OC(C)(C)C)c2ccc(C(O)C3=CN=C4N=C(Br)C=C34)c(F)n2)cc1. The molecule has 8 nitrogen and oxygen atoms in total. The van der Waals surface area contributed by atoms with E-state index in [2.05, 4.69) is 30.9 Å². The first-order valence-electron chi connectivity index (χ1n) is 10.8. The van der Waals surface area contributed by atoms with E-state index in [9.17, 15) is 9.90 Å². The van der Waals surface area contributed by atoms with Crippen LogP contribution in [0.1, 0.15) is 38.0 Å². The number of amidine groups is 1. The highest BCUT2D eigenvalue weighted by molar-refractivity contribution is 9.18. The summed E-state index contributed by atoms with van der Waals surface area (Å²) >= 11 is 3.28. The normalized spacial score (nSPS) is 15.5. The van der Waals surface area contributed by atoms with Gasteiger partial charge in [-0.25, -0.2) is 19.8 Å². The minimum Gasteiger partial charge on any atom is -0.497 e. The first-order valence-corrected chi connectivity index (χ1v) is 11.6. The molecule has 35 heavy (non-hydrogen) atoms. The third-order valence-electron chi connectivity index (χ3n) is 5.20. The molecule has 0 fully saturated rings. The third kappa shape index (κ3) is 5.49. The molecule has 2 aromatic rings. The Morgan fingerprint density at radius 3 is 2.54 bits per heavy atom. The molecule has 0 radical (unpaired) electrons. The van der Waals surface area contributed by atoms with Crippen LogP contribution in [0.4, 0.5) is 15.0 Å². The van der Waals surface area contributed by atoms with Gasteiger partial charge in [-0.05, 0) is 72.6 Å². The van der Waals surface area contributed by atoms with Crippen molar-refractivity contribution in [3.05, 3.63) is 76.9 Å². The van der Waals surface area contributed by atoms with Crippen molar-refractivity contribution in [3.8, 4) is 5.75 Å². The Bertz CT molecular complexity index is 1280. The summed E-state index contributed by atoms with van der Waals surface area (Å²) in [5.41, 5.74) is 0.982. The number of fused-ring (bicyclic) bond motifs is 1. The van der Waals surface area contributed by atoms with E-state index < -0.39 is 23.7 Å². The number of ether oxygens (including phenoxy) is 2. The molecule has 4 rings (SSSR count). The number of anilines is 1. The van der Waals surface area contributed by atoms with E-state index >= 15 is 4.39 Å². The maximum atomic E-state index is 15.2. The summed E-state index contributed by atoms with van der Waals surface area (Å²) < 4.78 is 26.5. The molecule has 0 saturated heterocycles. The second kappa shape index (κ2) is 9.71. The van der Waals surface area contributed by atoms with Gasteiger partial charge in [0, 0.05) is 22.9 Å². The van der Waals surface area contributed by atoms with Gasteiger partial charge in [0.05, 0.1) is 13.7 Å². The topological polar surface area (TPSA) is 96.6 Å². The van der Waals surface area contributed by atoms with Gasteiger partial charge in [-0.1, -0.05) is 12.1 Å². The quantitative estimate of drug-likeness (QED) is 0.504. The molecular formula is C25H24BrFN4O4. The maximum absolute atomic E-state index is 15.2. The zero-order chi connectivity index (χ0) is 25.3. The number of carbonyl (C=O) groups excluding carboxylic acids is 1. The van der Waals surface area contributed by atoms with E-state index in [-0.39, 0.29) is 17.9 Å². The van der Waals surface area contributed by atoms with Crippen LogP contribution in [0.5, 0.6) is 5.75 Å². The van der Waals surface area contributed by atoms with Crippen LogP contribution in [0.25, 0.3) is 0 Å². The largest absolute Gasteiger partial charge is 0.497 e. The number of nitrogens with zero attached hydrogens (tertiary/aromatic N) is 4. The molecule has 0 spiro atoms. The van der Waals surface area contributed by atoms with Crippen LogP contribution in [0.3, 0.4) is 0 Å². The number of halogens is 2. The van der Waals surface area contributed by atoms with Gasteiger partial charge in [0.15, 0.2) is 5.84 Å². The van der Waals surface area contributed by atoms with Gasteiger partial charge in [0.1, 0.15) is 27.9 Å². The number of benzene rings is 1. The predicted octanol–water partition coefficient (Wildman–Crippen LogP) is 5.23. The Balaban J connectivity index is 1.61. The van der Waals surface area contributed by atoms with Crippen LogP contribution < -0.4 is 9.64 Å². The average molecular weight is 543 g/mol. The fraction of sp³-hybridized carbons (Fsp3) is 0.280. The highest BCUT2D eigenvalue weighted by Crippen LogP contribution is 2.36. The molecule has 1 unspecified atom stereocenters. The number of aliphatic hydroxyl groups excluding tert-OH is 1. The number of rotatable bonds is 6. The van der Waals surface area contributed by atoms with Gasteiger partial charge < -0.3 is 14.6 Å². The lowest BCUT2D eigenvalue weighted by molar-refractivity contribution is 0.0576. The molecule has 1 amide bonds. The minimum absolute atomic E-state index is 0.0473. The number of pyridine rings is 1. The summed E-state index contributed by atoms with van der Waals surface area (Å²) in [7, 11) is 1.56. The number of allylic oxidation sites excluding steroid dienone is 1. The summed E-state index contributed by atoms with van der Waals surface area (Å²) in [6.07, 6.45) is 1.18. The zero-order valence-corrected chi connectivity index (χ0v) is 21.2. The van der Waals surface area contributed by atoms with Crippen molar-refractivity contribution in [1.82, 2.24) is 4.98 Å².